The van der Waals surface area contributed by atoms with Crippen LogP contribution >= 0.6 is 0 Å². The number of hydrogen-bond acceptors (Lipinski definition) is 4. The topological polar surface area (TPSA) is 62.5 Å². The van der Waals surface area contributed by atoms with E-state index in [1.165, 1.54) is 12.3 Å². The highest BCUT2D eigenvalue weighted by atomic mass is 19.1. The number of halogens is 1. The number of hydrogen-bond donors (Lipinski definition) is 1. The van der Waals surface area contributed by atoms with Gasteiger partial charge in [0.1, 0.15) is 0 Å². The molecule has 6 heteroatoms. The first-order chi connectivity index (χ1) is 9.72. The Kier molecular flexibility index (Phi) is 5.43. The molecule has 0 spiro atoms. The molecule has 1 saturated heterocycles. The van der Waals surface area contributed by atoms with E-state index in [0.29, 0.717) is 19.6 Å². The van der Waals surface area contributed by atoms with Gasteiger partial charge in [0.2, 0.25) is 0 Å². The average molecular weight is 280 g/mol. The van der Waals surface area contributed by atoms with Crippen molar-refractivity contribution >= 4 is 5.91 Å². The Hall–Kier alpha value is -1.53. The van der Waals surface area contributed by atoms with Crippen molar-refractivity contribution in [3.05, 3.63) is 29.8 Å². The monoisotopic (exact) mass is 280 g/mol. The van der Waals surface area contributed by atoms with Crippen LogP contribution in [0, 0.1) is 5.82 Å². The van der Waals surface area contributed by atoms with Gasteiger partial charge in [0.25, 0.3) is 5.91 Å². The molecule has 2 N–H and O–H groups in total. The lowest BCUT2D eigenvalue weighted by atomic mass is 10.2. The van der Waals surface area contributed by atoms with Crippen molar-refractivity contribution in [2.45, 2.75) is 12.8 Å². The quantitative estimate of drug-likeness (QED) is 0.882. The maximum Gasteiger partial charge on any atom is 0.256 e. The van der Waals surface area contributed by atoms with E-state index in [1.54, 1.807) is 4.90 Å². The lowest BCUT2D eigenvalue weighted by Crippen LogP contribution is -2.36. The molecule has 20 heavy (non-hydrogen) atoms. The fourth-order valence-electron chi connectivity index (χ4n) is 2.43. The summed E-state index contributed by atoms with van der Waals surface area (Å²) < 4.78 is 13.6. The molecule has 0 saturated carbocycles. The van der Waals surface area contributed by atoms with Crippen LogP contribution in [0.5, 0.6) is 0 Å². The van der Waals surface area contributed by atoms with Gasteiger partial charge in [-0.05, 0) is 38.5 Å². The van der Waals surface area contributed by atoms with Crippen LogP contribution < -0.4 is 5.73 Å². The molecule has 110 valence electrons. The highest BCUT2D eigenvalue weighted by Crippen LogP contribution is 2.11. The SMILES string of the molecule is NCCCN1CCCN(C(=O)c2ccncc2F)CC1. The first kappa shape index (κ1) is 14.9. The molecule has 1 fully saturated rings. The molecule has 0 aliphatic carbocycles. The molecule has 1 aromatic heterocycles. The molecule has 1 amide bonds. The third-order valence-electron chi connectivity index (χ3n) is 3.56. The second-order valence-corrected chi connectivity index (χ2v) is 4.99. The van der Waals surface area contributed by atoms with Crippen LogP contribution in [-0.2, 0) is 0 Å². The number of carbonyl (C=O) groups is 1. The van der Waals surface area contributed by atoms with Crippen LogP contribution in [0.15, 0.2) is 18.5 Å². The molecular weight excluding hydrogens is 259 g/mol. The highest BCUT2D eigenvalue weighted by molar-refractivity contribution is 5.94. The fraction of sp³-hybridized carbons (Fsp3) is 0.571. The molecule has 0 aromatic carbocycles. The lowest BCUT2D eigenvalue weighted by Gasteiger charge is -2.22. The van der Waals surface area contributed by atoms with E-state index >= 15 is 0 Å². The van der Waals surface area contributed by atoms with Crippen molar-refractivity contribution in [3.63, 3.8) is 0 Å². The van der Waals surface area contributed by atoms with Crippen molar-refractivity contribution < 1.29 is 9.18 Å². The maximum absolute atomic E-state index is 13.6. The second kappa shape index (κ2) is 7.31. The summed E-state index contributed by atoms with van der Waals surface area (Å²) in [4.78, 5) is 20.0. The van der Waals surface area contributed by atoms with Crippen molar-refractivity contribution in [2.24, 2.45) is 5.73 Å². The second-order valence-electron chi connectivity index (χ2n) is 4.99. The highest BCUT2D eigenvalue weighted by Gasteiger charge is 2.22. The van der Waals surface area contributed by atoms with Gasteiger partial charge in [0.05, 0.1) is 11.8 Å². The molecule has 5 nitrogen and oxygen atoms in total. The summed E-state index contributed by atoms with van der Waals surface area (Å²) in [5, 5.41) is 0. The largest absolute Gasteiger partial charge is 0.337 e. The van der Waals surface area contributed by atoms with Crippen LogP contribution in [0.3, 0.4) is 0 Å². The number of amides is 1. The Bertz CT molecular complexity index is 455. The van der Waals surface area contributed by atoms with Gasteiger partial charge in [-0.3, -0.25) is 9.78 Å². The zero-order valence-corrected chi connectivity index (χ0v) is 11.6. The molecule has 0 unspecified atom stereocenters. The van der Waals surface area contributed by atoms with Gasteiger partial charge in [0, 0.05) is 25.8 Å². The Morgan fingerprint density at radius 3 is 2.95 bits per heavy atom. The number of carbonyl (C=O) groups excluding carboxylic acids is 1. The normalized spacial score (nSPS) is 17.0. The van der Waals surface area contributed by atoms with E-state index in [9.17, 15) is 9.18 Å². The van der Waals surface area contributed by atoms with Gasteiger partial charge < -0.3 is 15.5 Å². The molecule has 2 heterocycles. The summed E-state index contributed by atoms with van der Waals surface area (Å²) in [6, 6.07) is 1.44. The van der Waals surface area contributed by atoms with E-state index in [1.807, 2.05) is 0 Å². The van der Waals surface area contributed by atoms with Crippen molar-refractivity contribution in [1.82, 2.24) is 14.8 Å². The molecule has 1 aliphatic rings. The summed E-state index contributed by atoms with van der Waals surface area (Å²) >= 11 is 0. The summed E-state index contributed by atoms with van der Waals surface area (Å²) in [6.45, 7) is 4.72. The first-order valence-electron chi connectivity index (χ1n) is 7.03. The molecular formula is C14H21FN4O. The minimum absolute atomic E-state index is 0.107. The van der Waals surface area contributed by atoms with Crippen molar-refractivity contribution in [1.29, 1.82) is 0 Å². The zero-order chi connectivity index (χ0) is 14.4. The minimum atomic E-state index is -0.554. The molecule has 0 bridgehead atoms. The smallest absolute Gasteiger partial charge is 0.256 e. The van der Waals surface area contributed by atoms with Crippen LogP contribution in [0.25, 0.3) is 0 Å². The average Bonchev–Trinajstić information content (AvgIpc) is 2.70. The third kappa shape index (κ3) is 3.74. The van der Waals surface area contributed by atoms with Crippen LogP contribution in [-0.4, -0.2) is 60.0 Å². The van der Waals surface area contributed by atoms with Crippen LogP contribution in [0.1, 0.15) is 23.2 Å². The van der Waals surface area contributed by atoms with E-state index in [2.05, 4.69) is 9.88 Å². The minimum Gasteiger partial charge on any atom is -0.337 e. The molecule has 0 radical (unpaired) electrons. The van der Waals surface area contributed by atoms with Crippen LogP contribution in [0.2, 0.25) is 0 Å². The van der Waals surface area contributed by atoms with E-state index in [4.69, 9.17) is 5.73 Å². The number of aromatic nitrogens is 1. The van der Waals surface area contributed by atoms with Gasteiger partial charge in [-0.2, -0.15) is 0 Å². The fourth-order valence-corrected chi connectivity index (χ4v) is 2.43. The maximum atomic E-state index is 13.6. The Labute approximate surface area is 118 Å². The van der Waals surface area contributed by atoms with Gasteiger partial charge in [-0.15, -0.1) is 0 Å². The van der Waals surface area contributed by atoms with Crippen molar-refractivity contribution in [3.8, 4) is 0 Å². The van der Waals surface area contributed by atoms with Crippen LogP contribution in [0.4, 0.5) is 4.39 Å². The molecule has 0 atom stereocenters. The summed E-state index contributed by atoms with van der Waals surface area (Å²) in [5.41, 5.74) is 5.62. The first-order valence-corrected chi connectivity index (χ1v) is 7.03. The number of nitrogens with two attached hydrogens (primary N) is 1. The summed E-state index contributed by atoms with van der Waals surface area (Å²) in [5.74, 6) is -0.799. The van der Waals surface area contributed by atoms with Crippen molar-refractivity contribution in [2.75, 3.05) is 39.3 Å². The third-order valence-corrected chi connectivity index (χ3v) is 3.56. The molecule has 2 rings (SSSR count). The predicted molar refractivity (Wildman–Crippen MR) is 74.8 cm³/mol. The number of nitrogens with zero attached hydrogens (tertiary/aromatic N) is 3. The van der Waals surface area contributed by atoms with Gasteiger partial charge in [0.15, 0.2) is 5.82 Å². The number of pyridine rings is 1. The van der Waals surface area contributed by atoms with E-state index in [0.717, 1.165) is 38.7 Å². The van der Waals surface area contributed by atoms with Gasteiger partial charge >= 0.3 is 0 Å². The number of rotatable bonds is 4. The molecule has 1 aromatic rings. The van der Waals surface area contributed by atoms with E-state index in [-0.39, 0.29) is 11.5 Å². The zero-order valence-electron chi connectivity index (χ0n) is 11.6. The Morgan fingerprint density at radius 1 is 1.35 bits per heavy atom. The summed E-state index contributed by atoms with van der Waals surface area (Å²) in [6.07, 6.45) is 4.40. The Balaban J connectivity index is 1.96. The van der Waals surface area contributed by atoms with Gasteiger partial charge in [-0.25, -0.2) is 4.39 Å². The Morgan fingerprint density at radius 2 is 2.20 bits per heavy atom. The lowest BCUT2D eigenvalue weighted by molar-refractivity contribution is 0.0756. The van der Waals surface area contributed by atoms with E-state index < -0.39 is 5.82 Å². The molecule has 1 aliphatic heterocycles. The van der Waals surface area contributed by atoms with Gasteiger partial charge in [-0.1, -0.05) is 0 Å². The predicted octanol–water partition coefficient (Wildman–Crippen LogP) is 0.717. The standard InChI is InChI=1S/C14H21FN4O/c15-13-11-17-5-3-12(13)14(20)19-8-2-7-18(9-10-19)6-1-4-16/h3,5,11H,1-2,4,6-10,16H2. The summed E-state index contributed by atoms with van der Waals surface area (Å²) in [7, 11) is 0.